The number of aryl methyl sites for hydroxylation is 1. The van der Waals surface area contributed by atoms with Gasteiger partial charge in [0, 0.05) is 78.8 Å². The summed E-state index contributed by atoms with van der Waals surface area (Å²) in [5, 5.41) is 19.3. The lowest BCUT2D eigenvalue weighted by atomic mass is 9.87. The molecular formula is C53H64FN13O7S2. The Hall–Kier alpha value is -6.98. The summed E-state index contributed by atoms with van der Waals surface area (Å²) in [5.74, 6) is 0.0233. The van der Waals surface area contributed by atoms with Crippen molar-refractivity contribution in [2.24, 2.45) is 11.8 Å². The van der Waals surface area contributed by atoms with Gasteiger partial charge in [0.2, 0.25) is 23.5 Å². The van der Waals surface area contributed by atoms with E-state index in [0.29, 0.717) is 96.6 Å². The molecule has 402 valence electrons. The first-order chi connectivity index (χ1) is 36.3. The molecule has 0 spiro atoms. The number of fused-ring (bicyclic) bond motifs is 1. The predicted octanol–water partition coefficient (Wildman–Crippen LogP) is 6.51. The molecule has 23 heteroatoms. The van der Waals surface area contributed by atoms with Gasteiger partial charge in [-0.3, -0.25) is 24.3 Å². The number of halogens is 1. The summed E-state index contributed by atoms with van der Waals surface area (Å²) in [6.45, 7) is 13.2. The molecule has 2 aromatic carbocycles. The number of likely N-dealkylation sites (tertiary alicyclic amines) is 2. The molecule has 0 radical (unpaired) electrons. The van der Waals surface area contributed by atoms with Crippen LogP contribution in [-0.4, -0.2) is 140 Å². The van der Waals surface area contributed by atoms with Crippen LogP contribution < -0.4 is 25.6 Å². The van der Waals surface area contributed by atoms with Crippen LogP contribution in [0.4, 0.5) is 22.0 Å². The fourth-order valence-electron chi connectivity index (χ4n) is 9.81. The van der Waals surface area contributed by atoms with Gasteiger partial charge in [-0.2, -0.15) is 5.10 Å². The number of anilines is 3. The van der Waals surface area contributed by atoms with Gasteiger partial charge >= 0.3 is 0 Å². The van der Waals surface area contributed by atoms with E-state index in [-0.39, 0.29) is 64.3 Å². The number of likely N-dealkylation sites (N-methyl/N-ethyl adjacent to an activating group) is 1. The zero-order valence-corrected chi connectivity index (χ0v) is 45.4. The topological polar surface area (TPSA) is 251 Å². The number of piperidine rings is 2. The zero-order chi connectivity index (χ0) is 54.1. The highest BCUT2D eigenvalue weighted by atomic mass is 32.2. The number of ketones is 1. The number of aromatic amines is 1. The van der Waals surface area contributed by atoms with Crippen molar-refractivity contribution in [1.29, 1.82) is 0 Å². The number of carbonyl (C=O) groups is 4. The van der Waals surface area contributed by atoms with Crippen molar-refractivity contribution >= 4 is 73.2 Å². The molecule has 4 N–H and O–H groups in total. The van der Waals surface area contributed by atoms with Crippen LogP contribution in [0.1, 0.15) is 115 Å². The molecule has 6 aromatic rings. The van der Waals surface area contributed by atoms with Gasteiger partial charge in [0.05, 0.1) is 34.5 Å². The molecule has 3 saturated heterocycles. The minimum absolute atomic E-state index is 0.0592. The van der Waals surface area contributed by atoms with E-state index in [1.54, 1.807) is 74.4 Å². The van der Waals surface area contributed by atoms with E-state index < -0.39 is 32.5 Å². The Morgan fingerprint density at radius 1 is 0.908 bits per heavy atom. The van der Waals surface area contributed by atoms with Crippen molar-refractivity contribution in [2.75, 3.05) is 56.6 Å². The van der Waals surface area contributed by atoms with Crippen LogP contribution in [0, 0.1) is 31.5 Å². The third-order valence-corrected chi connectivity index (χ3v) is 18.4. The van der Waals surface area contributed by atoms with E-state index in [1.807, 2.05) is 13.8 Å². The minimum atomic E-state index is -3.87. The van der Waals surface area contributed by atoms with E-state index in [9.17, 15) is 32.0 Å². The van der Waals surface area contributed by atoms with Gasteiger partial charge < -0.3 is 35.4 Å². The molecule has 0 bridgehead atoms. The van der Waals surface area contributed by atoms with Crippen molar-refractivity contribution in [3.05, 3.63) is 99.4 Å². The number of sulfone groups is 1. The van der Waals surface area contributed by atoms with Crippen molar-refractivity contribution in [3.8, 4) is 5.75 Å². The largest absolute Gasteiger partial charge is 0.492 e. The maximum atomic E-state index is 14.6. The summed E-state index contributed by atoms with van der Waals surface area (Å²) >= 11 is 1.30. The lowest BCUT2D eigenvalue weighted by Crippen LogP contribution is -2.57. The number of thiazole rings is 1. The molecular weight excluding hydrogens is 1010 g/mol. The van der Waals surface area contributed by atoms with Crippen LogP contribution in [0.3, 0.4) is 0 Å². The number of nitrogens with one attached hydrogen (secondary N) is 4. The van der Waals surface area contributed by atoms with Gasteiger partial charge in [-0.25, -0.2) is 37.7 Å². The summed E-state index contributed by atoms with van der Waals surface area (Å²) in [4.78, 5) is 83.4. The van der Waals surface area contributed by atoms with Crippen molar-refractivity contribution < 1.29 is 36.7 Å². The monoisotopic (exact) mass is 1080 g/mol. The molecule has 3 atom stereocenters. The Bertz CT molecular complexity index is 3220. The molecule has 9 rings (SSSR count). The number of ether oxygens (including phenoxy) is 1. The number of rotatable bonds is 16. The van der Waals surface area contributed by atoms with Crippen molar-refractivity contribution in [1.82, 2.24) is 55.6 Å². The van der Waals surface area contributed by atoms with Gasteiger partial charge in [-0.15, -0.1) is 11.3 Å². The third-order valence-electron chi connectivity index (χ3n) is 14.9. The lowest BCUT2D eigenvalue weighted by Gasteiger charge is -2.38. The second kappa shape index (κ2) is 22.3. The van der Waals surface area contributed by atoms with E-state index in [1.165, 1.54) is 41.9 Å². The van der Waals surface area contributed by atoms with Crippen LogP contribution in [0.2, 0.25) is 0 Å². The van der Waals surface area contributed by atoms with Gasteiger partial charge in [0.15, 0.2) is 15.7 Å². The highest BCUT2D eigenvalue weighted by Crippen LogP contribution is 2.39. The maximum Gasteiger partial charge on any atom is 0.256 e. The molecule has 0 aliphatic carbocycles. The number of H-pyrrole nitrogens is 1. The highest BCUT2D eigenvalue weighted by Gasteiger charge is 2.42. The van der Waals surface area contributed by atoms with E-state index in [2.05, 4.69) is 56.0 Å². The normalized spacial score (nSPS) is 17.7. The molecule has 20 nitrogen and oxygen atoms in total. The molecule has 7 heterocycles. The van der Waals surface area contributed by atoms with Gasteiger partial charge in [-0.05, 0) is 129 Å². The van der Waals surface area contributed by atoms with Gasteiger partial charge in [-0.1, -0.05) is 0 Å². The first-order valence-corrected chi connectivity index (χ1v) is 28.0. The second-order valence-electron chi connectivity index (χ2n) is 20.8. The first-order valence-electron chi connectivity index (χ1n) is 25.7. The van der Waals surface area contributed by atoms with Crippen molar-refractivity contribution in [2.45, 2.75) is 108 Å². The maximum absolute atomic E-state index is 14.6. The van der Waals surface area contributed by atoms with E-state index in [4.69, 9.17) is 4.74 Å². The molecule has 3 aliphatic rings. The highest BCUT2D eigenvalue weighted by molar-refractivity contribution is 7.92. The number of hydrogen-bond acceptors (Lipinski definition) is 17. The Balaban J connectivity index is 0.806. The first kappa shape index (κ1) is 53.8. The summed E-state index contributed by atoms with van der Waals surface area (Å²) in [7, 11) is -2.20. The molecule has 76 heavy (non-hydrogen) atoms. The van der Waals surface area contributed by atoms with Gasteiger partial charge in [0.25, 0.3) is 5.91 Å². The van der Waals surface area contributed by atoms with Crippen LogP contribution in [0.25, 0.3) is 10.9 Å². The van der Waals surface area contributed by atoms with Crippen LogP contribution >= 0.6 is 11.3 Å². The minimum Gasteiger partial charge on any atom is -0.492 e. The SMILES string of the molecule is CNC(C)C(=O)N[C@H](C(=O)N1CCCC1c1nc(C(=O)c2ccc(F)cc2)cs1)C1CCN(C(=O)c2cnc(N3CCC(COc4cc5ncnc(Nc6n[nH]c(C)c6C)c5cc4S(=O)(=O)C(C)(C)C)CC3)nc2)CC1. The number of carbonyl (C=O) groups excluding carboxylic acids is 4. The summed E-state index contributed by atoms with van der Waals surface area (Å²) in [6.07, 6.45) is 8.26. The number of hydrogen-bond donors (Lipinski definition) is 4. The zero-order valence-electron chi connectivity index (χ0n) is 43.7. The van der Waals surface area contributed by atoms with Crippen molar-refractivity contribution in [3.63, 3.8) is 0 Å². The number of nitrogens with zero attached hydrogens (tertiary/aromatic N) is 9. The quantitative estimate of drug-likeness (QED) is 0.0755. The Morgan fingerprint density at radius 3 is 2.28 bits per heavy atom. The summed E-state index contributed by atoms with van der Waals surface area (Å²) < 4.78 is 46.9. The van der Waals surface area contributed by atoms with Crippen LogP contribution in [0.15, 0.2) is 65.4 Å². The molecule has 4 aromatic heterocycles. The Morgan fingerprint density at radius 2 is 1.62 bits per heavy atom. The number of benzene rings is 2. The van der Waals surface area contributed by atoms with E-state index >= 15 is 0 Å². The average Bonchev–Trinajstić information content (AvgIpc) is 4.21. The number of aromatic nitrogens is 7. The molecule has 3 aliphatic heterocycles. The van der Waals surface area contributed by atoms with Crippen LogP contribution in [0.5, 0.6) is 5.75 Å². The molecule has 3 fully saturated rings. The average molecular weight is 1080 g/mol. The number of amides is 3. The fourth-order valence-corrected chi connectivity index (χ4v) is 12.1. The molecule has 2 unspecified atom stereocenters. The third kappa shape index (κ3) is 11.3. The lowest BCUT2D eigenvalue weighted by molar-refractivity contribution is -0.139. The Labute approximate surface area is 445 Å². The van der Waals surface area contributed by atoms with Gasteiger partial charge in [0.1, 0.15) is 45.4 Å². The summed E-state index contributed by atoms with van der Waals surface area (Å²) in [5.41, 5.74) is 3.20. The fraction of sp³-hybridized carbons (Fsp3) is 0.472. The molecule has 3 amide bonds. The standard InChI is InChI=1S/C53H64FN13O7S2/c1-30-31(2)63-64-46(30)62-47-38-23-43(76(72,73)53(4,5)6)42(24-39(38)58-29-59-47)74-27-33-14-19-66(20-15-33)52-56-25-36(26-57-52)50(70)65-21-16-34(17-22-65)44(61-48(69)32(3)55-7)51(71)67-18-8-9-41(67)49-60-40(28-75-49)45(68)35-10-12-37(54)13-11-35/h10-13,23-26,28-29,32-34,41,44,55H,8-9,14-22,27H2,1-7H3,(H,61,69)(H2,58,59,62,63,64)/t32?,41?,44-/m0/s1. The summed E-state index contributed by atoms with van der Waals surface area (Å²) in [6, 6.07) is 6.76. The molecule has 0 saturated carbocycles. The smallest absolute Gasteiger partial charge is 0.256 e. The van der Waals surface area contributed by atoms with E-state index in [0.717, 1.165) is 30.5 Å². The predicted molar refractivity (Wildman–Crippen MR) is 285 cm³/mol. The van der Waals surface area contributed by atoms with Crippen LogP contribution in [-0.2, 0) is 19.4 Å². The second-order valence-corrected chi connectivity index (χ2v) is 24.4. The Kier molecular flexibility index (Phi) is 15.8.